The lowest BCUT2D eigenvalue weighted by molar-refractivity contribution is 0.306. The van der Waals surface area contributed by atoms with Gasteiger partial charge in [0.1, 0.15) is 6.07 Å². The van der Waals surface area contributed by atoms with E-state index in [2.05, 4.69) is 27.9 Å². The standard InChI is InChI=1S/C20H24N4O4/c1-23-7-9-24(10-8-23)20-15(13-21)22-18(28-20)6-5-14-11-16(25-2)19(27-4)17(12-14)26-3/h5-6,11-12H,7-10H2,1-4H3/b6-5+. The smallest absolute Gasteiger partial charge is 0.235 e. The molecule has 8 heteroatoms. The summed E-state index contributed by atoms with van der Waals surface area (Å²) in [7, 11) is 6.78. The second kappa shape index (κ2) is 8.67. The molecule has 1 fully saturated rings. The highest BCUT2D eigenvalue weighted by Crippen LogP contribution is 2.38. The first-order valence-corrected chi connectivity index (χ1v) is 8.92. The van der Waals surface area contributed by atoms with Crippen LogP contribution in [0.4, 0.5) is 5.88 Å². The van der Waals surface area contributed by atoms with Crippen LogP contribution >= 0.6 is 0 Å². The minimum atomic E-state index is 0.300. The van der Waals surface area contributed by atoms with Crippen molar-refractivity contribution in [3.63, 3.8) is 0 Å². The molecule has 0 bridgehead atoms. The Bertz CT molecular complexity index is 867. The summed E-state index contributed by atoms with van der Waals surface area (Å²) in [5.41, 5.74) is 1.13. The SMILES string of the molecule is COc1cc(/C=C/c2nc(C#N)c(N3CCN(C)CC3)o2)cc(OC)c1OC. The third kappa shape index (κ3) is 4.05. The normalized spacial score (nSPS) is 14.9. The Morgan fingerprint density at radius 2 is 1.68 bits per heavy atom. The van der Waals surface area contributed by atoms with Crippen LogP contribution in [0.25, 0.3) is 12.2 Å². The van der Waals surface area contributed by atoms with E-state index in [9.17, 15) is 5.26 Å². The van der Waals surface area contributed by atoms with E-state index in [0.29, 0.717) is 34.7 Å². The van der Waals surface area contributed by atoms with Crippen LogP contribution in [-0.4, -0.2) is 64.4 Å². The number of likely N-dealkylation sites (N-methyl/N-ethyl adjacent to an activating group) is 1. The minimum absolute atomic E-state index is 0.300. The summed E-state index contributed by atoms with van der Waals surface area (Å²) in [5.74, 6) is 2.55. The summed E-state index contributed by atoms with van der Waals surface area (Å²) in [4.78, 5) is 8.60. The third-order valence-electron chi connectivity index (χ3n) is 4.63. The predicted octanol–water partition coefficient (Wildman–Crippen LogP) is 2.49. The molecule has 1 saturated heterocycles. The van der Waals surface area contributed by atoms with Crippen molar-refractivity contribution in [1.29, 1.82) is 5.26 Å². The predicted molar refractivity (Wildman–Crippen MR) is 106 cm³/mol. The number of oxazole rings is 1. The zero-order valence-corrected chi connectivity index (χ0v) is 16.6. The van der Waals surface area contributed by atoms with Gasteiger partial charge in [-0.25, -0.2) is 0 Å². The van der Waals surface area contributed by atoms with Crippen LogP contribution < -0.4 is 19.1 Å². The van der Waals surface area contributed by atoms with Crippen LogP contribution in [0.15, 0.2) is 16.5 Å². The van der Waals surface area contributed by atoms with E-state index >= 15 is 0 Å². The van der Waals surface area contributed by atoms with Crippen LogP contribution in [0, 0.1) is 11.3 Å². The first-order chi connectivity index (χ1) is 13.6. The highest BCUT2D eigenvalue weighted by atomic mass is 16.5. The van der Waals surface area contributed by atoms with Gasteiger partial charge in [-0.05, 0) is 30.8 Å². The Labute approximate surface area is 164 Å². The minimum Gasteiger partial charge on any atom is -0.493 e. The molecule has 3 rings (SSSR count). The fourth-order valence-corrected chi connectivity index (χ4v) is 3.06. The lowest BCUT2D eigenvalue weighted by atomic mass is 10.1. The van der Waals surface area contributed by atoms with Crippen molar-refractivity contribution in [2.75, 3.05) is 59.5 Å². The van der Waals surface area contributed by atoms with Gasteiger partial charge in [-0.2, -0.15) is 10.2 Å². The highest BCUT2D eigenvalue weighted by Gasteiger charge is 2.22. The van der Waals surface area contributed by atoms with Crippen molar-refractivity contribution < 1.29 is 18.6 Å². The number of nitriles is 1. The molecule has 2 aromatic rings. The van der Waals surface area contributed by atoms with Crippen LogP contribution in [0.3, 0.4) is 0 Å². The summed E-state index contributed by atoms with van der Waals surface area (Å²) >= 11 is 0. The van der Waals surface area contributed by atoms with Gasteiger partial charge in [0.2, 0.25) is 23.2 Å². The van der Waals surface area contributed by atoms with Gasteiger partial charge in [0.15, 0.2) is 11.5 Å². The van der Waals surface area contributed by atoms with E-state index in [0.717, 1.165) is 31.7 Å². The van der Waals surface area contributed by atoms with Gasteiger partial charge < -0.3 is 28.4 Å². The molecule has 1 aliphatic heterocycles. The number of hydrogen-bond donors (Lipinski definition) is 0. The van der Waals surface area contributed by atoms with Crippen molar-refractivity contribution in [2.45, 2.75) is 0 Å². The molecule has 1 aliphatic rings. The number of piperazine rings is 1. The average molecular weight is 384 g/mol. The van der Waals surface area contributed by atoms with E-state index in [1.165, 1.54) is 0 Å². The summed E-state index contributed by atoms with van der Waals surface area (Å²) in [6.07, 6.45) is 3.55. The molecular formula is C20H24N4O4. The van der Waals surface area contributed by atoms with Crippen molar-refractivity contribution >= 4 is 18.0 Å². The zero-order chi connectivity index (χ0) is 20.1. The van der Waals surface area contributed by atoms with E-state index in [-0.39, 0.29) is 0 Å². The molecule has 0 atom stereocenters. The van der Waals surface area contributed by atoms with Crippen molar-refractivity contribution in [3.05, 3.63) is 29.3 Å². The Morgan fingerprint density at radius 1 is 1.04 bits per heavy atom. The molecular weight excluding hydrogens is 360 g/mol. The van der Waals surface area contributed by atoms with E-state index in [1.54, 1.807) is 27.4 Å². The number of aromatic nitrogens is 1. The van der Waals surface area contributed by atoms with Crippen LogP contribution in [0.5, 0.6) is 17.2 Å². The fraction of sp³-hybridized carbons (Fsp3) is 0.400. The Morgan fingerprint density at radius 3 is 2.21 bits per heavy atom. The highest BCUT2D eigenvalue weighted by molar-refractivity contribution is 5.71. The second-order valence-electron chi connectivity index (χ2n) is 6.40. The van der Waals surface area contributed by atoms with Gasteiger partial charge in [-0.1, -0.05) is 0 Å². The maximum absolute atomic E-state index is 9.41. The number of ether oxygens (including phenoxy) is 3. The summed E-state index contributed by atoms with van der Waals surface area (Å²) in [6.45, 7) is 3.44. The molecule has 1 aromatic heterocycles. The molecule has 8 nitrogen and oxygen atoms in total. The quantitative estimate of drug-likeness (QED) is 0.751. The molecule has 0 N–H and O–H groups in total. The van der Waals surface area contributed by atoms with Gasteiger partial charge in [0.25, 0.3) is 0 Å². The van der Waals surface area contributed by atoms with E-state index in [1.807, 2.05) is 18.2 Å². The molecule has 1 aromatic carbocycles. The fourth-order valence-electron chi connectivity index (χ4n) is 3.06. The van der Waals surface area contributed by atoms with E-state index < -0.39 is 0 Å². The molecule has 0 radical (unpaired) electrons. The third-order valence-corrected chi connectivity index (χ3v) is 4.63. The van der Waals surface area contributed by atoms with Gasteiger partial charge in [-0.3, -0.25) is 0 Å². The first-order valence-electron chi connectivity index (χ1n) is 8.92. The lowest BCUT2D eigenvalue weighted by Crippen LogP contribution is -2.44. The summed E-state index contributed by atoms with van der Waals surface area (Å²) in [5, 5.41) is 9.41. The monoisotopic (exact) mass is 384 g/mol. The second-order valence-corrected chi connectivity index (χ2v) is 6.40. The van der Waals surface area contributed by atoms with E-state index in [4.69, 9.17) is 18.6 Å². The van der Waals surface area contributed by atoms with Gasteiger partial charge in [0, 0.05) is 32.3 Å². The topological polar surface area (TPSA) is 84.0 Å². The van der Waals surface area contributed by atoms with Crippen molar-refractivity contribution in [1.82, 2.24) is 9.88 Å². The first kappa shape index (κ1) is 19.6. The van der Waals surface area contributed by atoms with Crippen LogP contribution in [0.1, 0.15) is 17.1 Å². The molecule has 0 amide bonds. The summed E-state index contributed by atoms with van der Waals surface area (Å²) in [6, 6.07) is 5.78. The molecule has 0 spiro atoms. The van der Waals surface area contributed by atoms with Gasteiger partial charge in [0.05, 0.1) is 21.3 Å². The molecule has 0 saturated carbocycles. The van der Waals surface area contributed by atoms with Gasteiger partial charge in [-0.15, -0.1) is 0 Å². The Balaban J connectivity index is 1.86. The Hall–Kier alpha value is -3.18. The largest absolute Gasteiger partial charge is 0.493 e. The van der Waals surface area contributed by atoms with Crippen molar-refractivity contribution in [2.24, 2.45) is 0 Å². The van der Waals surface area contributed by atoms with Crippen molar-refractivity contribution in [3.8, 4) is 23.3 Å². The Kier molecular flexibility index (Phi) is 6.06. The molecule has 148 valence electrons. The van der Waals surface area contributed by atoms with Gasteiger partial charge >= 0.3 is 0 Å². The number of benzene rings is 1. The molecule has 28 heavy (non-hydrogen) atoms. The number of methoxy groups -OCH3 is 3. The molecule has 0 aliphatic carbocycles. The van der Waals surface area contributed by atoms with Crippen LogP contribution in [0.2, 0.25) is 0 Å². The number of nitrogens with zero attached hydrogens (tertiary/aromatic N) is 4. The number of hydrogen-bond acceptors (Lipinski definition) is 8. The maximum atomic E-state index is 9.41. The molecule has 0 unspecified atom stereocenters. The zero-order valence-electron chi connectivity index (χ0n) is 16.6. The number of rotatable bonds is 6. The summed E-state index contributed by atoms with van der Waals surface area (Å²) < 4.78 is 21.9. The van der Waals surface area contributed by atoms with Crippen LogP contribution in [-0.2, 0) is 0 Å². The number of anilines is 1. The lowest BCUT2D eigenvalue weighted by Gasteiger charge is -2.31. The molecule has 2 heterocycles. The average Bonchev–Trinajstić information content (AvgIpc) is 3.15. The maximum Gasteiger partial charge on any atom is 0.235 e.